The van der Waals surface area contributed by atoms with Crippen LogP contribution < -0.4 is 11.4 Å². The molecular weight excluding hydrogens is 545 g/mol. The van der Waals surface area contributed by atoms with E-state index in [1.165, 1.54) is 6.07 Å². The summed E-state index contributed by atoms with van der Waals surface area (Å²) in [5, 5.41) is 79.1. The molecule has 2 aliphatic rings. The molecule has 0 spiro atoms. The molecule has 2 saturated heterocycles. The highest BCUT2D eigenvalue weighted by Crippen LogP contribution is 2.51. The van der Waals surface area contributed by atoms with E-state index in [1.807, 2.05) is 0 Å². The van der Waals surface area contributed by atoms with Crippen LogP contribution in [0.2, 0.25) is 0 Å². The van der Waals surface area contributed by atoms with Crippen LogP contribution in [0.5, 0.6) is 0 Å². The van der Waals surface area contributed by atoms with E-state index in [0.717, 1.165) is 10.8 Å². The standard InChI is InChI=1S/C18H28N3O16P/c19-9-1-2-21(17(31)20-9)15-13(28)12(27)8(35-15)5-34-38(32,33)37-18(16(29)30)3-6(23)10(25)14(36-18)11(26)7(24)4-22/h1-2,6-8,10-15,22-28H,3-5H2,(H,29,30)(H,32,33)(H2,19,20,31)/t6-,7+,8+,10+,11+,12+,13+,14+,15+,18+/m0/s1. The Morgan fingerprint density at radius 3 is 2.50 bits per heavy atom. The van der Waals surface area contributed by atoms with E-state index in [1.54, 1.807) is 0 Å². The molecule has 0 radical (unpaired) electrons. The number of phosphoric acid groups is 1. The lowest BCUT2D eigenvalue weighted by Crippen LogP contribution is -2.63. The van der Waals surface area contributed by atoms with Gasteiger partial charge in [0.1, 0.15) is 48.5 Å². The Morgan fingerprint density at radius 1 is 1.26 bits per heavy atom. The number of carboxylic acids is 1. The molecule has 3 rings (SSSR count). The van der Waals surface area contributed by atoms with Crippen molar-refractivity contribution in [1.82, 2.24) is 9.55 Å². The van der Waals surface area contributed by atoms with Gasteiger partial charge in [-0.1, -0.05) is 0 Å². The molecule has 3 heterocycles. The van der Waals surface area contributed by atoms with Crippen LogP contribution in [-0.4, -0.2) is 129 Å². The molecule has 1 aromatic rings. The molecule has 0 bridgehead atoms. The average Bonchev–Trinajstić information content (AvgIpc) is 3.12. The molecule has 11 N–H and O–H groups in total. The van der Waals surface area contributed by atoms with Crippen LogP contribution in [0.3, 0.4) is 0 Å². The highest BCUT2D eigenvalue weighted by atomic mass is 31.2. The van der Waals surface area contributed by atoms with Gasteiger partial charge >= 0.3 is 19.5 Å². The molecule has 11 atom stereocenters. The van der Waals surface area contributed by atoms with Gasteiger partial charge in [0.15, 0.2) is 6.23 Å². The first-order valence-electron chi connectivity index (χ1n) is 10.9. The van der Waals surface area contributed by atoms with Gasteiger partial charge in [0.05, 0.1) is 19.3 Å². The fraction of sp³-hybridized carbons (Fsp3) is 0.722. The molecule has 0 aliphatic carbocycles. The van der Waals surface area contributed by atoms with Gasteiger partial charge in [-0.2, -0.15) is 4.98 Å². The quantitative estimate of drug-likeness (QED) is 0.117. The van der Waals surface area contributed by atoms with E-state index >= 15 is 0 Å². The predicted octanol–water partition coefficient (Wildman–Crippen LogP) is -5.42. The fourth-order valence-electron chi connectivity index (χ4n) is 3.88. The smallest absolute Gasteiger partial charge is 0.475 e. The lowest BCUT2D eigenvalue weighted by atomic mass is 9.91. The third-order valence-corrected chi connectivity index (χ3v) is 6.91. The van der Waals surface area contributed by atoms with Gasteiger partial charge in [-0.3, -0.25) is 9.09 Å². The average molecular weight is 573 g/mol. The van der Waals surface area contributed by atoms with Crippen molar-refractivity contribution in [3.63, 3.8) is 0 Å². The normalized spacial score (nSPS) is 36.9. The van der Waals surface area contributed by atoms with Crippen LogP contribution in [0.4, 0.5) is 5.82 Å². The number of hydrogen-bond donors (Lipinski definition) is 10. The summed E-state index contributed by atoms with van der Waals surface area (Å²) in [7, 11) is -5.48. The highest BCUT2D eigenvalue weighted by molar-refractivity contribution is 7.47. The molecule has 19 nitrogen and oxygen atoms in total. The van der Waals surface area contributed by atoms with Crippen molar-refractivity contribution < 1.29 is 73.6 Å². The van der Waals surface area contributed by atoms with Gasteiger partial charge in [-0.05, 0) is 6.07 Å². The van der Waals surface area contributed by atoms with Crippen molar-refractivity contribution in [1.29, 1.82) is 0 Å². The van der Waals surface area contributed by atoms with E-state index < -0.39 is 100.0 Å². The second-order valence-electron chi connectivity index (χ2n) is 8.59. The Labute approximate surface area is 212 Å². The number of ether oxygens (including phenoxy) is 2. The maximum atomic E-state index is 12.6. The first-order valence-corrected chi connectivity index (χ1v) is 12.4. The van der Waals surface area contributed by atoms with Crippen LogP contribution in [0.15, 0.2) is 17.1 Å². The van der Waals surface area contributed by atoms with Crippen molar-refractivity contribution in [3.8, 4) is 0 Å². The summed E-state index contributed by atoms with van der Waals surface area (Å²) < 4.78 is 33.1. The lowest BCUT2D eigenvalue weighted by molar-refractivity contribution is -0.307. The summed E-state index contributed by atoms with van der Waals surface area (Å²) in [6.45, 7) is -2.06. The summed E-state index contributed by atoms with van der Waals surface area (Å²) in [5.41, 5.74) is 4.45. The third kappa shape index (κ3) is 6.20. The minimum absolute atomic E-state index is 0.131. The van der Waals surface area contributed by atoms with Crippen LogP contribution in [0.25, 0.3) is 0 Å². The largest absolute Gasteiger partial charge is 0.477 e. The molecule has 2 fully saturated rings. The van der Waals surface area contributed by atoms with Crippen LogP contribution in [0, 0.1) is 0 Å². The summed E-state index contributed by atoms with van der Waals surface area (Å²) >= 11 is 0. The second kappa shape index (κ2) is 11.6. The van der Waals surface area contributed by atoms with Crippen molar-refractivity contribution >= 4 is 19.6 Å². The zero-order chi connectivity index (χ0) is 28.6. The minimum Gasteiger partial charge on any atom is -0.477 e. The molecule has 1 aromatic heterocycles. The van der Waals surface area contributed by atoms with Gasteiger partial charge in [-0.15, -0.1) is 0 Å². The van der Waals surface area contributed by atoms with Crippen molar-refractivity contribution in [2.75, 3.05) is 18.9 Å². The van der Waals surface area contributed by atoms with Crippen molar-refractivity contribution in [2.24, 2.45) is 0 Å². The van der Waals surface area contributed by atoms with Crippen LogP contribution >= 0.6 is 7.82 Å². The van der Waals surface area contributed by atoms with E-state index in [4.69, 9.17) is 24.8 Å². The summed E-state index contributed by atoms with van der Waals surface area (Å²) in [6.07, 6.45) is -16.9. The molecular formula is C18H28N3O16P. The Bertz CT molecular complexity index is 1110. The van der Waals surface area contributed by atoms with Gasteiger partial charge in [0.25, 0.3) is 5.79 Å². The number of phosphoric ester groups is 1. The number of aliphatic carboxylic acids is 1. The number of aromatic nitrogens is 2. The van der Waals surface area contributed by atoms with Gasteiger partial charge < -0.3 is 61.0 Å². The number of carboxylic acid groups (broad SMARTS) is 1. The van der Waals surface area contributed by atoms with Crippen molar-refractivity contribution in [3.05, 3.63) is 22.7 Å². The van der Waals surface area contributed by atoms with Crippen LogP contribution in [-0.2, 0) is 27.9 Å². The van der Waals surface area contributed by atoms with E-state index in [0.29, 0.717) is 0 Å². The van der Waals surface area contributed by atoms with Gasteiger partial charge in [-0.25, -0.2) is 18.7 Å². The maximum absolute atomic E-state index is 12.6. The van der Waals surface area contributed by atoms with Gasteiger partial charge in [0.2, 0.25) is 0 Å². The maximum Gasteiger partial charge on any atom is 0.475 e. The number of rotatable bonds is 10. The highest BCUT2D eigenvalue weighted by Gasteiger charge is 2.58. The Hall–Kier alpha value is -2.10. The minimum atomic E-state index is -5.48. The van der Waals surface area contributed by atoms with E-state index in [9.17, 15) is 54.8 Å². The summed E-state index contributed by atoms with van der Waals surface area (Å²) in [4.78, 5) is 37.6. The molecule has 38 heavy (non-hydrogen) atoms. The molecule has 216 valence electrons. The number of aliphatic hydroxyl groups is 7. The molecule has 2 aliphatic heterocycles. The molecule has 1 unspecified atom stereocenters. The number of anilines is 1. The summed E-state index contributed by atoms with van der Waals surface area (Å²) in [5.74, 6) is -5.43. The van der Waals surface area contributed by atoms with E-state index in [-0.39, 0.29) is 5.82 Å². The Balaban J connectivity index is 1.74. The molecule has 0 saturated carbocycles. The lowest BCUT2D eigenvalue weighted by Gasteiger charge is -2.44. The zero-order valence-corrected chi connectivity index (χ0v) is 20.2. The predicted molar refractivity (Wildman–Crippen MR) is 117 cm³/mol. The zero-order valence-electron chi connectivity index (χ0n) is 19.3. The topological polar surface area (TPSA) is 314 Å². The number of aliphatic hydroxyl groups excluding tert-OH is 7. The number of nitrogens with two attached hydrogens (primary N) is 1. The SMILES string of the molecule is Nc1ccn([C@@H]2O[C@H](COP(=O)(O)O[C@@]3(C(=O)O)C[C@H](O)[C@@H](O)[C@H]([C@H](O)[C@H](O)CO)O3)[C@@H](O)[C@H]2O)c(=O)n1. The Kier molecular flexibility index (Phi) is 9.26. The number of hydrogen-bond acceptors (Lipinski definition) is 16. The van der Waals surface area contributed by atoms with Crippen molar-refractivity contribution in [2.45, 2.75) is 67.3 Å². The number of nitrogens with zero attached hydrogens (tertiary/aromatic N) is 2. The summed E-state index contributed by atoms with van der Waals surface area (Å²) in [6, 6.07) is 1.20. The number of carbonyl (C=O) groups is 1. The first kappa shape index (κ1) is 30.4. The second-order valence-corrected chi connectivity index (χ2v) is 9.97. The Morgan fingerprint density at radius 2 is 1.92 bits per heavy atom. The third-order valence-electron chi connectivity index (χ3n) is 5.91. The fourth-order valence-corrected chi connectivity index (χ4v) is 4.84. The molecule has 0 aromatic carbocycles. The first-order chi connectivity index (χ1) is 17.6. The molecule has 20 heteroatoms. The van der Waals surface area contributed by atoms with E-state index in [2.05, 4.69) is 9.51 Å². The molecule has 0 amide bonds. The monoisotopic (exact) mass is 573 g/mol. The number of nitrogen functional groups attached to an aromatic ring is 1. The van der Waals surface area contributed by atoms with Gasteiger partial charge in [0, 0.05) is 12.6 Å². The van der Waals surface area contributed by atoms with Crippen LogP contribution in [0.1, 0.15) is 12.6 Å².